The van der Waals surface area contributed by atoms with Gasteiger partial charge in [-0.05, 0) is 48.9 Å². The second-order valence-electron chi connectivity index (χ2n) is 9.17. The maximum atomic E-state index is 13.2. The number of hydrogen-bond donors (Lipinski definition) is 2. The number of nitrogens with one attached hydrogen (secondary N) is 1. The van der Waals surface area contributed by atoms with Crippen LogP contribution in [0.25, 0.3) is 11.1 Å². The summed E-state index contributed by atoms with van der Waals surface area (Å²) in [6.45, 7) is 9.22. The fourth-order valence-electron chi connectivity index (χ4n) is 4.94. The number of amides is 2. The number of nitrogens with zero attached hydrogens (tertiary/aromatic N) is 1. The topological polar surface area (TPSA) is 95.9 Å². The molecule has 3 atom stereocenters. The van der Waals surface area contributed by atoms with Crippen LogP contribution in [-0.2, 0) is 14.3 Å². The number of carboxylic acids is 1. The van der Waals surface area contributed by atoms with Crippen LogP contribution in [0.15, 0.2) is 48.5 Å². The lowest BCUT2D eigenvalue weighted by Crippen LogP contribution is -2.52. The van der Waals surface area contributed by atoms with Gasteiger partial charge >= 0.3 is 12.1 Å². The summed E-state index contributed by atoms with van der Waals surface area (Å²) in [6, 6.07) is 14.8. The summed E-state index contributed by atoms with van der Waals surface area (Å²) in [5, 5.41) is 12.2. The molecule has 0 fully saturated rings. The summed E-state index contributed by atoms with van der Waals surface area (Å²) in [4.78, 5) is 38.7. The Morgan fingerprint density at radius 1 is 0.971 bits per heavy atom. The summed E-state index contributed by atoms with van der Waals surface area (Å²) in [6.07, 6.45) is -0.595. The SMILES string of the molecule is CCN(C(=O)C(C(C)C)C(C)NC(=O)OCC1c2ccccc2-c2ccccc21)C(C)C(=O)O. The van der Waals surface area contributed by atoms with Gasteiger partial charge in [0.2, 0.25) is 5.91 Å². The van der Waals surface area contributed by atoms with Gasteiger partial charge in [-0.25, -0.2) is 9.59 Å². The Morgan fingerprint density at radius 3 is 1.97 bits per heavy atom. The average Bonchev–Trinajstić information content (AvgIpc) is 3.11. The molecule has 1 aliphatic rings. The highest BCUT2D eigenvalue weighted by atomic mass is 16.5. The molecule has 34 heavy (non-hydrogen) atoms. The number of alkyl carbamates (subject to hydrolysis) is 1. The average molecular weight is 467 g/mol. The lowest BCUT2D eigenvalue weighted by atomic mass is 9.87. The molecule has 0 saturated carbocycles. The van der Waals surface area contributed by atoms with Crippen molar-refractivity contribution in [1.29, 1.82) is 0 Å². The third kappa shape index (κ3) is 5.08. The van der Waals surface area contributed by atoms with Gasteiger partial charge in [0.15, 0.2) is 0 Å². The monoisotopic (exact) mass is 466 g/mol. The van der Waals surface area contributed by atoms with Gasteiger partial charge in [-0.1, -0.05) is 62.4 Å². The second kappa shape index (κ2) is 10.7. The first-order valence-corrected chi connectivity index (χ1v) is 11.8. The zero-order valence-corrected chi connectivity index (χ0v) is 20.4. The van der Waals surface area contributed by atoms with Gasteiger partial charge in [-0.15, -0.1) is 0 Å². The smallest absolute Gasteiger partial charge is 0.407 e. The van der Waals surface area contributed by atoms with Crippen molar-refractivity contribution in [1.82, 2.24) is 10.2 Å². The summed E-state index contributed by atoms with van der Waals surface area (Å²) in [5.41, 5.74) is 4.55. The number of hydrogen-bond acceptors (Lipinski definition) is 4. The van der Waals surface area contributed by atoms with Crippen molar-refractivity contribution < 1.29 is 24.2 Å². The summed E-state index contributed by atoms with van der Waals surface area (Å²) >= 11 is 0. The van der Waals surface area contributed by atoms with Crippen molar-refractivity contribution >= 4 is 18.0 Å². The molecule has 7 heteroatoms. The molecule has 2 amide bonds. The van der Waals surface area contributed by atoms with Crippen molar-refractivity contribution in [2.24, 2.45) is 11.8 Å². The zero-order valence-electron chi connectivity index (χ0n) is 20.4. The lowest BCUT2D eigenvalue weighted by Gasteiger charge is -2.34. The van der Waals surface area contributed by atoms with E-state index in [-0.39, 0.29) is 30.9 Å². The Morgan fingerprint density at radius 2 is 1.50 bits per heavy atom. The molecule has 0 aliphatic heterocycles. The van der Waals surface area contributed by atoms with Crippen LogP contribution in [0.3, 0.4) is 0 Å². The molecular formula is C27H34N2O5. The van der Waals surface area contributed by atoms with E-state index in [1.54, 1.807) is 13.8 Å². The van der Waals surface area contributed by atoms with Crippen LogP contribution in [0.2, 0.25) is 0 Å². The molecule has 0 saturated heterocycles. The molecule has 3 rings (SSSR count). The van der Waals surface area contributed by atoms with Crippen LogP contribution in [0, 0.1) is 11.8 Å². The second-order valence-corrected chi connectivity index (χ2v) is 9.17. The maximum absolute atomic E-state index is 13.2. The van der Waals surface area contributed by atoms with Crippen LogP contribution < -0.4 is 5.32 Å². The first-order valence-electron chi connectivity index (χ1n) is 11.8. The van der Waals surface area contributed by atoms with Gasteiger partial charge in [0, 0.05) is 18.5 Å². The van der Waals surface area contributed by atoms with Gasteiger partial charge in [-0.2, -0.15) is 0 Å². The molecule has 0 radical (unpaired) electrons. The van der Waals surface area contributed by atoms with E-state index in [9.17, 15) is 19.5 Å². The zero-order chi connectivity index (χ0) is 25.0. The largest absolute Gasteiger partial charge is 0.480 e. The number of rotatable bonds is 9. The minimum absolute atomic E-state index is 0.0528. The van der Waals surface area contributed by atoms with Crippen molar-refractivity contribution in [2.75, 3.05) is 13.2 Å². The Bertz CT molecular complexity index is 1010. The number of carbonyl (C=O) groups excluding carboxylic acids is 2. The molecule has 2 aromatic rings. The first kappa shape index (κ1) is 25.3. The number of carbonyl (C=O) groups is 3. The van der Waals surface area contributed by atoms with Crippen molar-refractivity contribution in [2.45, 2.75) is 52.6 Å². The maximum Gasteiger partial charge on any atom is 0.407 e. The van der Waals surface area contributed by atoms with Gasteiger partial charge in [-0.3, -0.25) is 4.79 Å². The highest BCUT2D eigenvalue weighted by Crippen LogP contribution is 2.44. The molecule has 1 aliphatic carbocycles. The number of fused-ring (bicyclic) bond motifs is 3. The number of likely N-dealkylation sites (N-methyl/N-ethyl adjacent to an activating group) is 1. The Kier molecular flexibility index (Phi) is 7.97. The molecular weight excluding hydrogens is 432 g/mol. The standard InChI is InChI=1S/C27H34N2O5/c1-6-29(18(5)26(31)32)25(30)24(16(2)3)17(4)28-27(33)34-15-23-21-13-9-7-11-19(21)20-12-8-10-14-22(20)23/h7-14,16-18,23-24H,6,15H2,1-5H3,(H,28,33)(H,31,32). The van der Waals surface area contributed by atoms with Crippen molar-refractivity contribution in [3.05, 3.63) is 59.7 Å². The Balaban J connectivity index is 1.68. The first-order chi connectivity index (χ1) is 16.2. The molecule has 7 nitrogen and oxygen atoms in total. The van der Waals surface area contributed by atoms with E-state index < -0.39 is 30.1 Å². The van der Waals surface area contributed by atoms with E-state index in [4.69, 9.17) is 4.74 Å². The van der Waals surface area contributed by atoms with E-state index in [1.165, 1.54) is 11.8 Å². The highest BCUT2D eigenvalue weighted by Gasteiger charge is 2.36. The number of carboxylic acid groups (broad SMARTS) is 1. The minimum atomic E-state index is -1.06. The fourth-order valence-corrected chi connectivity index (χ4v) is 4.94. The molecule has 3 unspecified atom stereocenters. The van der Waals surface area contributed by atoms with Crippen LogP contribution >= 0.6 is 0 Å². The molecule has 0 heterocycles. The third-order valence-electron chi connectivity index (χ3n) is 6.68. The Hall–Kier alpha value is -3.35. The molecule has 182 valence electrons. The molecule has 2 N–H and O–H groups in total. The lowest BCUT2D eigenvalue weighted by molar-refractivity contribution is -0.152. The minimum Gasteiger partial charge on any atom is -0.480 e. The van der Waals surface area contributed by atoms with Crippen LogP contribution in [0.4, 0.5) is 4.79 Å². The van der Waals surface area contributed by atoms with E-state index in [1.807, 2.05) is 38.1 Å². The number of ether oxygens (including phenoxy) is 1. The summed E-state index contributed by atoms with van der Waals surface area (Å²) < 4.78 is 5.62. The predicted molar refractivity (Wildman–Crippen MR) is 130 cm³/mol. The predicted octanol–water partition coefficient (Wildman–Crippen LogP) is 4.51. The molecule has 2 aromatic carbocycles. The summed E-state index contributed by atoms with van der Waals surface area (Å²) in [7, 11) is 0. The summed E-state index contributed by atoms with van der Waals surface area (Å²) in [5.74, 6) is -2.09. The van der Waals surface area contributed by atoms with E-state index >= 15 is 0 Å². The van der Waals surface area contributed by atoms with Gasteiger partial charge in [0.25, 0.3) is 0 Å². The van der Waals surface area contributed by atoms with Crippen molar-refractivity contribution in [3.8, 4) is 11.1 Å². The van der Waals surface area contributed by atoms with Gasteiger partial charge < -0.3 is 20.1 Å². The normalized spacial score (nSPS) is 15.1. The van der Waals surface area contributed by atoms with Gasteiger partial charge in [0.1, 0.15) is 12.6 Å². The van der Waals surface area contributed by atoms with E-state index in [2.05, 4.69) is 29.6 Å². The number of benzene rings is 2. The van der Waals surface area contributed by atoms with Gasteiger partial charge in [0.05, 0.1) is 5.92 Å². The fraction of sp³-hybridized carbons (Fsp3) is 0.444. The molecule has 0 spiro atoms. The van der Waals surface area contributed by atoms with Crippen LogP contribution in [0.5, 0.6) is 0 Å². The quantitative estimate of drug-likeness (QED) is 0.567. The van der Waals surface area contributed by atoms with E-state index in [0.29, 0.717) is 0 Å². The van der Waals surface area contributed by atoms with Crippen LogP contribution in [0.1, 0.15) is 51.7 Å². The third-order valence-corrected chi connectivity index (χ3v) is 6.68. The Labute approximate surface area is 201 Å². The number of aliphatic carboxylic acids is 1. The van der Waals surface area contributed by atoms with E-state index in [0.717, 1.165) is 22.3 Å². The molecule has 0 bridgehead atoms. The molecule has 0 aromatic heterocycles. The highest BCUT2D eigenvalue weighted by molar-refractivity contribution is 5.86. The van der Waals surface area contributed by atoms with Crippen LogP contribution in [-0.4, -0.2) is 53.2 Å². The van der Waals surface area contributed by atoms with Crippen molar-refractivity contribution in [3.63, 3.8) is 0 Å².